The Bertz CT molecular complexity index is 32.0. The van der Waals surface area contributed by atoms with Gasteiger partial charge in [-0.3, -0.25) is 0 Å². The average Bonchev–Trinajstić information content (AvgIpc) is 1.72. The molecule has 0 amide bonds. The molecule has 1 heterocycles. The summed E-state index contributed by atoms with van der Waals surface area (Å²) in [5.74, 6) is 0. The van der Waals surface area contributed by atoms with E-state index >= 15 is 0 Å². The highest BCUT2D eigenvalue weighted by Gasteiger charge is 1.96. The van der Waals surface area contributed by atoms with Crippen molar-refractivity contribution in [3.8, 4) is 0 Å². The van der Waals surface area contributed by atoms with Crippen LogP contribution in [0.4, 0.5) is 0 Å². The molecule has 3 nitrogen and oxygen atoms in total. The summed E-state index contributed by atoms with van der Waals surface area (Å²) in [5.41, 5.74) is 0. The third-order valence-electron chi connectivity index (χ3n) is 0.933. The summed E-state index contributed by atoms with van der Waals surface area (Å²) in [4.78, 5) is 0. The molecule has 0 aromatic carbocycles. The lowest BCUT2D eigenvalue weighted by Crippen LogP contribution is -3.00. The maximum absolute atomic E-state index is 5.04. The lowest BCUT2D eigenvalue weighted by Gasteiger charge is -2.07. The first kappa shape index (κ1) is 16.2. The maximum atomic E-state index is 5.04. The number of rotatable bonds is 0. The Balaban J connectivity index is -0.000000120. The third-order valence-corrected chi connectivity index (χ3v) is 0.933. The highest BCUT2D eigenvalue weighted by Crippen LogP contribution is 1.69. The zero-order valence-electron chi connectivity index (χ0n) is 5.57. The summed E-state index contributed by atoms with van der Waals surface area (Å²) in [7, 11) is 0. The quantitative estimate of drug-likeness (QED) is 0.379. The number of nitrogens with two attached hydrogens (primary N) is 1. The Hall–Kier alpha value is 0.460. The van der Waals surface area contributed by atoms with Crippen LogP contribution in [0.25, 0.3) is 0 Å². The first-order valence-electron chi connectivity index (χ1n) is 2.39. The number of hydrogen-bond acceptors (Lipinski definition) is 1. The summed E-state index contributed by atoms with van der Waals surface area (Å²) < 4.78 is 5.04. The van der Waals surface area contributed by atoms with Crippen molar-refractivity contribution in [2.45, 2.75) is 0 Å². The molecule has 0 atom stereocenters. The van der Waals surface area contributed by atoms with Crippen LogP contribution in [0.2, 0.25) is 0 Å². The molecule has 0 spiro atoms. The van der Waals surface area contributed by atoms with Crippen LogP contribution in [0, 0.1) is 0 Å². The monoisotopic (exact) mass is 176 g/mol. The van der Waals surface area contributed by atoms with Gasteiger partial charge in [0.05, 0.1) is 26.3 Å². The van der Waals surface area contributed by atoms with E-state index in [2.05, 4.69) is 5.32 Å². The van der Waals surface area contributed by atoms with Crippen molar-refractivity contribution in [1.82, 2.24) is 6.15 Å². The van der Waals surface area contributed by atoms with Crippen molar-refractivity contribution in [2.75, 3.05) is 26.3 Å². The molecule has 1 aliphatic heterocycles. The molecule has 0 bridgehead atoms. The predicted octanol–water partition coefficient (Wildman–Crippen LogP) is -7.04. The van der Waals surface area contributed by atoms with Crippen molar-refractivity contribution in [3.05, 3.63) is 0 Å². The van der Waals surface area contributed by atoms with Crippen molar-refractivity contribution in [2.24, 2.45) is 0 Å². The van der Waals surface area contributed by atoms with Gasteiger partial charge >= 0.3 is 0 Å². The molecule has 0 saturated carbocycles. The zero-order chi connectivity index (χ0) is 4.24. The molecule has 0 aliphatic carbocycles. The summed E-state index contributed by atoms with van der Waals surface area (Å²) >= 11 is 0. The van der Waals surface area contributed by atoms with Gasteiger partial charge in [-0.2, -0.15) is 0 Å². The molecule has 5 heteroatoms. The van der Waals surface area contributed by atoms with E-state index in [1.807, 2.05) is 0 Å². The second-order valence-corrected chi connectivity index (χ2v) is 1.48. The second kappa shape index (κ2) is 11.3. The van der Waals surface area contributed by atoms with Gasteiger partial charge in [-0.15, -0.1) is 0 Å². The number of quaternary nitrogens is 2. The predicted molar refractivity (Wildman–Crippen MR) is 28.5 cm³/mol. The highest BCUT2D eigenvalue weighted by atomic mass is 35.5. The Morgan fingerprint density at radius 1 is 1.00 bits per heavy atom. The summed E-state index contributed by atoms with van der Waals surface area (Å²) in [6.07, 6.45) is 0. The normalized spacial score (nSPS) is 16.0. The van der Waals surface area contributed by atoms with E-state index < -0.39 is 0 Å². The van der Waals surface area contributed by atoms with Gasteiger partial charge in [0, 0.05) is 0 Å². The Kier molecular flexibility index (Phi) is 20.3. The van der Waals surface area contributed by atoms with Crippen molar-refractivity contribution >= 4 is 0 Å². The zero-order valence-corrected chi connectivity index (χ0v) is 7.08. The summed E-state index contributed by atoms with van der Waals surface area (Å²) in [5, 5.41) is 2.27. The van der Waals surface area contributed by atoms with Crippen LogP contribution in [0.1, 0.15) is 0 Å². The molecule has 0 unspecified atom stereocenters. The van der Waals surface area contributed by atoms with Crippen molar-refractivity contribution in [3.63, 3.8) is 0 Å². The first-order chi connectivity index (χ1) is 3.00. The Morgan fingerprint density at radius 2 is 1.44 bits per heavy atom. The van der Waals surface area contributed by atoms with Gasteiger partial charge in [0.15, 0.2) is 0 Å². The molecule has 1 aliphatic rings. The van der Waals surface area contributed by atoms with E-state index in [1.54, 1.807) is 0 Å². The highest BCUT2D eigenvalue weighted by molar-refractivity contribution is 4.30. The molecule has 6 N–H and O–H groups in total. The lowest BCUT2D eigenvalue weighted by atomic mass is 10.5. The molecular weight excluding hydrogens is 163 g/mol. The van der Waals surface area contributed by atoms with Gasteiger partial charge < -0.3 is 41.0 Å². The number of hydrogen-bond donors (Lipinski definition) is 2. The molecule has 60 valence electrons. The smallest absolute Gasteiger partial charge is 0.0993 e. The lowest BCUT2D eigenvalue weighted by molar-refractivity contribution is -0.670. The number of halogens is 2. The first-order valence-corrected chi connectivity index (χ1v) is 2.39. The van der Waals surface area contributed by atoms with Gasteiger partial charge in [-0.25, -0.2) is 0 Å². The van der Waals surface area contributed by atoms with E-state index in [9.17, 15) is 0 Å². The van der Waals surface area contributed by atoms with Gasteiger partial charge in [0.25, 0.3) is 0 Å². The van der Waals surface area contributed by atoms with Crippen LogP contribution in [0.3, 0.4) is 0 Å². The summed E-state index contributed by atoms with van der Waals surface area (Å²) in [6.45, 7) is 4.19. The largest absolute Gasteiger partial charge is 1.00 e. The van der Waals surface area contributed by atoms with E-state index in [0.29, 0.717) is 0 Å². The topological polar surface area (TPSA) is 62.3 Å². The minimum Gasteiger partial charge on any atom is -1.00 e. The fourth-order valence-corrected chi connectivity index (χ4v) is 0.580. The van der Waals surface area contributed by atoms with E-state index in [4.69, 9.17) is 4.74 Å². The summed E-state index contributed by atoms with van der Waals surface area (Å²) in [6, 6.07) is 0. The molecule has 1 rings (SSSR count). The Morgan fingerprint density at radius 3 is 1.56 bits per heavy atom. The van der Waals surface area contributed by atoms with Crippen LogP contribution in [0.15, 0.2) is 0 Å². The molecule has 0 radical (unpaired) electrons. The van der Waals surface area contributed by atoms with Gasteiger partial charge in [-0.05, 0) is 0 Å². The molecule has 9 heavy (non-hydrogen) atoms. The van der Waals surface area contributed by atoms with Gasteiger partial charge in [0.1, 0.15) is 0 Å². The fraction of sp³-hybridized carbons (Fsp3) is 1.00. The van der Waals surface area contributed by atoms with Crippen molar-refractivity contribution < 1.29 is 34.9 Å². The van der Waals surface area contributed by atoms with Gasteiger partial charge in [0.2, 0.25) is 0 Å². The minimum atomic E-state index is 0. The molecular formula is C4H14Cl2N2O. The standard InChI is InChI=1S/C4H9NO.2ClH.H3N/c1-3-6-4-2-5-1;;;/h5H,1-4H2;2*1H;1H3. The van der Waals surface area contributed by atoms with E-state index in [1.165, 1.54) is 0 Å². The SMILES string of the molecule is C1COCC[NH2+]1.[Cl-].[Cl-].[NH4+]. The molecule has 1 saturated heterocycles. The van der Waals surface area contributed by atoms with Crippen LogP contribution < -0.4 is 36.3 Å². The minimum absolute atomic E-state index is 0. The van der Waals surface area contributed by atoms with Crippen LogP contribution in [0.5, 0.6) is 0 Å². The van der Waals surface area contributed by atoms with Crippen LogP contribution >= 0.6 is 0 Å². The molecule has 0 aromatic heterocycles. The number of ether oxygens (including phenoxy) is 1. The molecule has 1 fully saturated rings. The maximum Gasteiger partial charge on any atom is 0.0993 e. The molecule has 0 aromatic rings. The Labute approximate surface area is 67.9 Å². The van der Waals surface area contributed by atoms with E-state index in [0.717, 1.165) is 26.3 Å². The number of morpholine rings is 1. The third kappa shape index (κ3) is 8.46. The average molecular weight is 177 g/mol. The second-order valence-electron chi connectivity index (χ2n) is 1.48. The van der Waals surface area contributed by atoms with E-state index in [-0.39, 0.29) is 31.0 Å². The fourth-order valence-electron chi connectivity index (χ4n) is 0.580. The van der Waals surface area contributed by atoms with Crippen LogP contribution in [-0.4, -0.2) is 26.3 Å². The van der Waals surface area contributed by atoms with Gasteiger partial charge in [-0.1, -0.05) is 0 Å². The van der Waals surface area contributed by atoms with Crippen LogP contribution in [-0.2, 0) is 4.74 Å². The van der Waals surface area contributed by atoms with Crippen molar-refractivity contribution in [1.29, 1.82) is 0 Å².